The lowest BCUT2D eigenvalue weighted by molar-refractivity contribution is 0.100. The van der Waals surface area contributed by atoms with Crippen LogP contribution in [0, 0.1) is 6.92 Å². The number of carbonyl (C=O) groups excluding carboxylic acids is 1. The summed E-state index contributed by atoms with van der Waals surface area (Å²) >= 11 is 0. The molecule has 1 aromatic heterocycles. The zero-order chi connectivity index (χ0) is 13.8. The molecule has 0 atom stereocenters. The fourth-order valence-corrected chi connectivity index (χ4v) is 1.70. The van der Waals surface area contributed by atoms with Crippen molar-refractivity contribution in [2.24, 2.45) is 11.5 Å². The smallest absolute Gasteiger partial charge is 0.248 e. The van der Waals surface area contributed by atoms with Gasteiger partial charge in [-0.15, -0.1) is 0 Å². The monoisotopic (exact) mass is 257 g/mol. The van der Waals surface area contributed by atoms with Gasteiger partial charge in [0.05, 0.1) is 0 Å². The highest BCUT2D eigenvalue weighted by atomic mass is 16.5. The molecule has 0 unspecified atom stereocenters. The summed E-state index contributed by atoms with van der Waals surface area (Å²) in [4.78, 5) is 15.1. The van der Waals surface area contributed by atoms with Gasteiger partial charge in [0, 0.05) is 23.9 Å². The van der Waals surface area contributed by atoms with Gasteiger partial charge in [0.15, 0.2) is 0 Å². The average molecular weight is 257 g/mol. The summed E-state index contributed by atoms with van der Waals surface area (Å²) in [6.07, 6.45) is 1.67. The van der Waals surface area contributed by atoms with Crippen LogP contribution in [0.5, 0.6) is 11.6 Å². The summed E-state index contributed by atoms with van der Waals surface area (Å²) in [7, 11) is 0. The minimum Gasteiger partial charge on any atom is -0.439 e. The van der Waals surface area contributed by atoms with Crippen LogP contribution in [0.15, 0.2) is 36.5 Å². The SMILES string of the molecule is Cc1ccnc(Oc2ccc(C(N)=O)cc2)c1CN. The van der Waals surface area contributed by atoms with E-state index in [2.05, 4.69) is 4.98 Å². The number of nitrogens with two attached hydrogens (primary N) is 2. The van der Waals surface area contributed by atoms with Gasteiger partial charge in [-0.2, -0.15) is 0 Å². The van der Waals surface area contributed by atoms with Crippen molar-refractivity contribution in [2.45, 2.75) is 13.5 Å². The van der Waals surface area contributed by atoms with Crippen LogP contribution in [0.2, 0.25) is 0 Å². The van der Waals surface area contributed by atoms with Crippen LogP contribution in [0.4, 0.5) is 0 Å². The van der Waals surface area contributed by atoms with Crippen molar-refractivity contribution in [1.82, 2.24) is 4.98 Å². The Bertz CT molecular complexity index is 594. The predicted molar refractivity (Wildman–Crippen MR) is 71.9 cm³/mol. The van der Waals surface area contributed by atoms with Crippen LogP contribution < -0.4 is 16.2 Å². The zero-order valence-electron chi connectivity index (χ0n) is 10.6. The normalized spacial score (nSPS) is 10.2. The highest BCUT2D eigenvalue weighted by Crippen LogP contribution is 2.25. The maximum absolute atomic E-state index is 11.0. The molecule has 0 bridgehead atoms. The van der Waals surface area contributed by atoms with E-state index in [4.69, 9.17) is 16.2 Å². The first-order valence-corrected chi connectivity index (χ1v) is 5.84. The second kappa shape index (κ2) is 5.49. The van der Waals surface area contributed by atoms with Gasteiger partial charge >= 0.3 is 0 Å². The Morgan fingerprint density at radius 1 is 1.26 bits per heavy atom. The fourth-order valence-electron chi connectivity index (χ4n) is 1.70. The number of rotatable bonds is 4. The average Bonchev–Trinajstić information content (AvgIpc) is 2.39. The van der Waals surface area contributed by atoms with Crippen molar-refractivity contribution in [2.75, 3.05) is 0 Å². The number of ether oxygens (including phenoxy) is 1. The maximum atomic E-state index is 11.0. The number of benzene rings is 1. The summed E-state index contributed by atoms with van der Waals surface area (Å²) in [5, 5.41) is 0. The van der Waals surface area contributed by atoms with E-state index in [1.807, 2.05) is 13.0 Å². The van der Waals surface area contributed by atoms with E-state index >= 15 is 0 Å². The topological polar surface area (TPSA) is 91.2 Å². The minimum atomic E-state index is -0.470. The van der Waals surface area contributed by atoms with E-state index < -0.39 is 5.91 Å². The summed E-state index contributed by atoms with van der Waals surface area (Å²) in [5.74, 6) is 0.593. The van der Waals surface area contributed by atoms with Crippen molar-refractivity contribution >= 4 is 5.91 Å². The van der Waals surface area contributed by atoms with Crippen molar-refractivity contribution in [3.63, 3.8) is 0 Å². The molecular weight excluding hydrogens is 242 g/mol. The van der Waals surface area contributed by atoms with Crippen LogP contribution in [0.25, 0.3) is 0 Å². The van der Waals surface area contributed by atoms with Crippen LogP contribution in [-0.2, 0) is 6.54 Å². The highest BCUT2D eigenvalue weighted by Gasteiger charge is 2.08. The van der Waals surface area contributed by atoms with Crippen molar-refractivity contribution in [1.29, 1.82) is 0 Å². The number of nitrogens with zero attached hydrogens (tertiary/aromatic N) is 1. The van der Waals surface area contributed by atoms with Crippen molar-refractivity contribution < 1.29 is 9.53 Å². The lowest BCUT2D eigenvalue weighted by atomic mass is 10.1. The lowest BCUT2D eigenvalue weighted by Crippen LogP contribution is -2.10. The summed E-state index contributed by atoms with van der Waals surface area (Å²) in [6.45, 7) is 2.31. The van der Waals surface area contributed by atoms with Crippen LogP contribution in [-0.4, -0.2) is 10.9 Å². The number of hydrogen-bond donors (Lipinski definition) is 2. The number of hydrogen-bond acceptors (Lipinski definition) is 4. The standard InChI is InChI=1S/C14H15N3O2/c1-9-6-7-17-14(12(9)8-15)19-11-4-2-10(3-5-11)13(16)18/h2-7H,8,15H2,1H3,(H2,16,18). The number of carbonyl (C=O) groups is 1. The summed E-state index contributed by atoms with van der Waals surface area (Å²) in [6, 6.07) is 8.44. The molecule has 0 aliphatic carbocycles. The van der Waals surface area contributed by atoms with Crippen molar-refractivity contribution in [3.05, 3.63) is 53.2 Å². The third-order valence-electron chi connectivity index (χ3n) is 2.81. The van der Waals surface area contributed by atoms with Crippen LogP contribution in [0.3, 0.4) is 0 Å². The first-order chi connectivity index (χ1) is 9.11. The van der Waals surface area contributed by atoms with Crippen molar-refractivity contribution in [3.8, 4) is 11.6 Å². The van der Waals surface area contributed by atoms with Gasteiger partial charge in [-0.1, -0.05) is 0 Å². The molecule has 0 aliphatic heterocycles. The molecule has 0 radical (unpaired) electrons. The molecule has 0 fully saturated rings. The van der Waals surface area contributed by atoms with Gasteiger partial charge in [0.1, 0.15) is 5.75 Å². The zero-order valence-corrected chi connectivity index (χ0v) is 10.6. The van der Waals surface area contributed by atoms with E-state index in [-0.39, 0.29) is 0 Å². The molecule has 1 heterocycles. The maximum Gasteiger partial charge on any atom is 0.248 e. The largest absolute Gasteiger partial charge is 0.439 e. The molecule has 2 rings (SSSR count). The van der Waals surface area contributed by atoms with Gasteiger partial charge in [0.25, 0.3) is 0 Å². The first kappa shape index (κ1) is 13.0. The molecule has 4 N–H and O–H groups in total. The molecule has 1 amide bonds. The first-order valence-electron chi connectivity index (χ1n) is 5.84. The van der Waals surface area contributed by atoms with Gasteiger partial charge in [-0.25, -0.2) is 4.98 Å². The molecule has 1 aromatic carbocycles. The third kappa shape index (κ3) is 2.89. The molecule has 5 heteroatoms. The number of pyridine rings is 1. The van der Waals surface area contributed by atoms with Crippen LogP contribution in [0.1, 0.15) is 21.5 Å². The third-order valence-corrected chi connectivity index (χ3v) is 2.81. The van der Waals surface area contributed by atoms with E-state index in [0.29, 0.717) is 23.7 Å². The highest BCUT2D eigenvalue weighted by molar-refractivity contribution is 5.92. The molecule has 98 valence electrons. The van der Waals surface area contributed by atoms with Crippen LogP contribution >= 0.6 is 0 Å². The lowest BCUT2D eigenvalue weighted by Gasteiger charge is -2.10. The van der Waals surface area contributed by atoms with Gasteiger partial charge in [0.2, 0.25) is 11.8 Å². The predicted octanol–water partition coefficient (Wildman–Crippen LogP) is 1.74. The number of aryl methyl sites for hydroxylation is 1. The molecule has 0 aliphatic rings. The Hall–Kier alpha value is -2.40. The second-order valence-electron chi connectivity index (χ2n) is 4.11. The number of aromatic nitrogens is 1. The van der Waals surface area contributed by atoms with E-state index in [9.17, 15) is 4.79 Å². The Morgan fingerprint density at radius 2 is 1.95 bits per heavy atom. The second-order valence-corrected chi connectivity index (χ2v) is 4.11. The Morgan fingerprint density at radius 3 is 2.53 bits per heavy atom. The summed E-state index contributed by atoms with van der Waals surface area (Å²) < 4.78 is 5.67. The number of amides is 1. The molecule has 19 heavy (non-hydrogen) atoms. The van der Waals surface area contributed by atoms with E-state index in [0.717, 1.165) is 11.1 Å². The Kier molecular flexibility index (Phi) is 3.77. The minimum absolute atomic E-state index is 0.356. The molecule has 0 spiro atoms. The van der Waals surface area contributed by atoms with E-state index in [1.165, 1.54) is 0 Å². The Labute approximate surface area is 111 Å². The molecule has 2 aromatic rings. The molecular formula is C14H15N3O2. The van der Waals surface area contributed by atoms with Gasteiger partial charge in [-0.3, -0.25) is 4.79 Å². The Balaban J connectivity index is 2.26. The van der Waals surface area contributed by atoms with E-state index in [1.54, 1.807) is 30.5 Å². The fraction of sp³-hybridized carbons (Fsp3) is 0.143. The molecule has 5 nitrogen and oxygen atoms in total. The number of primary amides is 1. The van der Waals surface area contributed by atoms with Gasteiger partial charge < -0.3 is 16.2 Å². The molecule has 0 saturated heterocycles. The quantitative estimate of drug-likeness (QED) is 0.872. The molecule has 0 saturated carbocycles. The summed E-state index contributed by atoms with van der Waals surface area (Å²) in [5.41, 5.74) is 13.2. The van der Waals surface area contributed by atoms with Gasteiger partial charge in [-0.05, 0) is 42.8 Å².